The largest absolute Gasteiger partial charge is 0.504 e. The van der Waals surface area contributed by atoms with Crippen LogP contribution in [-0.4, -0.2) is 17.8 Å². The number of hydrogen-bond donors (Lipinski definition) is 2. The molecule has 0 radical (unpaired) electrons. The minimum Gasteiger partial charge on any atom is -0.504 e. The zero-order valence-corrected chi connectivity index (χ0v) is 12.7. The van der Waals surface area contributed by atoms with E-state index >= 15 is 0 Å². The Kier molecular flexibility index (Phi) is 5.72. The van der Waals surface area contributed by atoms with Crippen LogP contribution in [0.3, 0.4) is 0 Å². The SMILES string of the molecule is CCOc1cccc(CN[C@@H](C)C2CCCCC2)c1O. The number of para-hydroxylation sites is 1. The zero-order valence-electron chi connectivity index (χ0n) is 12.7. The van der Waals surface area contributed by atoms with E-state index in [-0.39, 0.29) is 5.75 Å². The van der Waals surface area contributed by atoms with E-state index in [4.69, 9.17) is 4.74 Å². The molecule has 1 fully saturated rings. The van der Waals surface area contributed by atoms with Crippen molar-refractivity contribution < 1.29 is 9.84 Å². The molecule has 2 N–H and O–H groups in total. The van der Waals surface area contributed by atoms with Crippen molar-refractivity contribution >= 4 is 0 Å². The molecule has 0 amide bonds. The topological polar surface area (TPSA) is 41.5 Å². The fraction of sp³-hybridized carbons (Fsp3) is 0.647. The van der Waals surface area contributed by atoms with E-state index in [9.17, 15) is 5.11 Å². The van der Waals surface area contributed by atoms with Crippen molar-refractivity contribution in [3.05, 3.63) is 23.8 Å². The van der Waals surface area contributed by atoms with Crippen LogP contribution in [0.2, 0.25) is 0 Å². The van der Waals surface area contributed by atoms with Crippen LogP contribution in [0, 0.1) is 5.92 Å². The van der Waals surface area contributed by atoms with Crippen molar-refractivity contribution in [2.75, 3.05) is 6.61 Å². The minimum atomic E-state index is 0.276. The van der Waals surface area contributed by atoms with Gasteiger partial charge in [-0.3, -0.25) is 0 Å². The first kappa shape index (κ1) is 15.2. The third-order valence-electron chi connectivity index (χ3n) is 4.35. The summed E-state index contributed by atoms with van der Waals surface area (Å²) in [5.74, 6) is 1.63. The van der Waals surface area contributed by atoms with E-state index < -0.39 is 0 Å². The second kappa shape index (κ2) is 7.53. The molecule has 1 saturated carbocycles. The Morgan fingerprint density at radius 3 is 2.75 bits per heavy atom. The van der Waals surface area contributed by atoms with E-state index in [2.05, 4.69) is 12.2 Å². The molecule has 0 heterocycles. The molecular weight excluding hydrogens is 250 g/mol. The lowest BCUT2D eigenvalue weighted by Crippen LogP contribution is -2.34. The molecule has 1 aliphatic carbocycles. The number of phenolic OH excluding ortho intramolecular Hbond substituents is 1. The standard InChI is InChI=1S/C17H27NO2/c1-3-20-16-11-7-10-15(17(16)19)12-18-13(2)14-8-5-4-6-9-14/h7,10-11,13-14,18-19H,3-6,8-9,12H2,1-2H3/t13-/m0/s1. The minimum absolute atomic E-state index is 0.276. The molecule has 0 spiro atoms. The summed E-state index contributed by atoms with van der Waals surface area (Å²) in [6.45, 7) is 5.46. The van der Waals surface area contributed by atoms with E-state index in [1.54, 1.807) is 0 Å². The molecule has 1 aromatic carbocycles. The lowest BCUT2D eigenvalue weighted by Gasteiger charge is -2.28. The highest BCUT2D eigenvalue weighted by Gasteiger charge is 2.20. The summed E-state index contributed by atoms with van der Waals surface area (Å²) in [5.41, 5.74) is 0.915. The van der Waals surface area contributed by atoms with Gasteiger partial charge in [-0.05, 0) is 38.7 Å². The van der Waals surface area contributed by atoms with Crippen LogP contribution in [0.25, 0.3) is 0 Å². The van der Waals surface area contributed by atoms with Crippen LogP contribution < -0.4 is 10.1 Å². The molecular formula is C17H27NO2. The number of nitrogens with one attached hydrogen (secondary N) is 1. The van der Waals surface area contributed by atoms with Gasteiger partial charge in [0.1, 0.15) is 0 Å². The van der Waals surface area contributed by atoms with Crippen molar-refractivity contribution in [3.63, 3.8) is 0 Å². The molecule has 1 aliphatic rings. The Morgan fingerprint density at radius 2 is 2.05 bits per heavy atom. The predicted molar refractivity (Wildman–Crippen MR) is 82.2 cm³/mol. The van der Waals surface area contributed by atoms with Gasteiger partial charge in [0, 0.05) is 18.2 Å². The normalized spacial score (nSPS) is 17.9. The number of hydrogen-bond acceptors (Lipinski definition) is 3. The fourth-order valence-corrected chi connectivity index (χ4v) is 3.05. The highest BCUT2D eigenvalue weighted by atomic mass is 16.5. The van der Waals surface area contributed by atoms with Crippen LogP contribution in [0.5, 0.6) is 11.5 Å². The molecule has 1 atom stereocenters. The maximum absolute atomic E-state index is 10.2. The summed E-state index contributed by atoms with van der Waals surface area (Å²) in [7, 11) is 0. The van der Waals surface area contributed by atoms with Crippen LogP contribution in [0.15, 0.2) is 18.2 Å². The van der Waals surface area contributed by atoms with Gasteiger partial charge in [0.25, 0.3) is 0 Å². The highest BCUT2D eigenvalue weighted by Crippen LogP contribution is 2.30. The number of aromatic hydroxyl groups is 1. The number of ether oxygens (including phenoxy) is 1. The van der Waals surface area contributed by atoms with Crippen molar-refractivity contribution in [2.24, 2.45) is 5.92 Å². The Morgan fingerprint density at radius 1 is 1.30 bits per heavy atom. The van der Waals surface area contributed by atoms with Gasteiger partial charge in [-0.2, -0.15) is 0 Å². The van der Waals surface area contributed by atoms with Gasteiger partial charge in [0.15, 0.2) is 11.5 Å². The van der Waals surface area contributed by atoms with E-state index in [0.717, 1.165) is 11.5 Å². The molecule has 2 rings (SSSR count). The maximum Gasteiger partial charge on any atom is 0.162 e. The Hall–Kier alpha value is -1.22. The molecule has 1 aromatic rings. The molecule has 20 heavy (non-hydrogen) atoms. The van der Waals surface area contributed by atoms with E-state index in [1.165, 1.54) is 32.1 Å². The molecule has 0 saturated heterocycles. The summed E-state index contributed by atoms with van der Waals surface area (Å²) in [4.78, 5) is 0. The number of rotatable bonds is 6. The predicted octanol–water partition coefficient (Wildman–Crippen LogP) is 3.85. The first-order chi connectivity index (χ1) is 9.72. The van der Waals surface area contributed by atoms with Gasteiger partial charge in [-0.25, -0.2) is 0 Å². The average molecular weight is 277 g/mol. The molecule has 3 nitrogen and oxygen atoms in total. The van der Waals surface area contributed by atoms with E-state index in [1.807, 2.05) is 25.1 Å². The Balaban J connectivity index is 1.91. The second-order valence-corrected chi connectivity index (χ2v) is 5.76. The van der Waals surface area contributed by atoms with Gasteiger partial charge >= 0.3 is 0 Å². The number of benzene rings is 1. The molecule has 0 unspecified atom stereocenters. The molecule has 112 valence electrons. The van der Waals surface area contributed by atoms with Crippen molar-refractivity contribution in [3.8, 4) is 11.5 Å². The fourth-order valence-electron chi connectivity index (χ4n) is 3.05. The molecule has 0 bridgehead atoms. The summed E-state index contributed by atoms with van der Waals surface area (Å²) < 4.78 is 5.42. The van der Waals surface area contributed by atoms with Gasteiger partial charge in [0.05, 0.1) is 6.61 Å². The lowest BCUT2D eigenvalue weighted by molar-refractivity contribution is 0.278. The first-order valence-electron chi connectivity index (χ1n) is 7.89. The van der Waals surface area contributed by atoms with Gasteiger partial charge in [-0.1, -0.05) is 31.4 Å². The smallest absolute Gasteiger partial charge is 0.162 e. The zero-order chi connectivity index (χ0) is 14.4. The molecule has 0 aromatic heterocycles. The van der Waals surface area contributed by atoms with Crippen molar-refractivity contribution in [1.82, 2.24) is 5.32 Å². The van der Waals surface area contributed by atoms with Crippen LogP contribution in [0.4, 0.5) is 0 Å². The lowest BCUT2D eigenvalue weighted by atomic mass is 9.84. The molecule has 3 heteroatoms. The van der Waals surface area contributed by atoms with Gasteiger partial charge in [0.2, 0.25) is 0 Å². The Bertz CT molecular complexity index is 413. The quantitative estimate of drug-likeness (QED) is 0.830. The third-order valence-corrected chi connectivity index (χ3v) is 4.35. The summed E-state index contributed by atoms with van der Waals surface area (Å²) in [6.07, 6.45) is 6.78. The van der Waals surface area contributed by atoms with Crippen molar-refractivity contribution in [1.29, 1.82) is 0 Å². The monoisotopic (exact) mass is 277 g/mol. The summed E-state index contributed by atoms with van der Waals surface area (Å²) >= 11 is 0. The maximum atomic E-state index is 10.2. The van der Waals surface area contributed by atoms with Crippen LogP contribution in [0.1, 0.15) is 51.5 Å². The van der Waals surface area contributed by atoms with E-state index in [0.29, 0.717) is 24.9 Å². The third kappa shape index (κ3) is 3.89. The Labute approximate surface area is 122 Å². The highest BCUT2D eigenvalue weighted by molar-refractivity contribution is 5.45. The average Bonchev–Trinajstić information content (AvgIpc) is 2.49. The summed E-state index contributed by atoms with van der Waals surface area (Å²) in [5, 5.41) is 13.7. The first-order valence-corrected chi connectivity index (χ1v) is 7.89. The van der Waals surface area contributed by atoms with Crippen LogP contribution in [-0.2, 0) is 6.54 Å². The van der Waals surface area contributed by atoms with Crippen molar-refractivity contribution in [2.45, 2.75) is 58.5 Å². The van der Waals surface area contributed by atoms with Gasteiger partial charge < -0.3 is 15.2 Å². The van der Waals surface area contributed by atoms with Crippen LogP contribution >= 0.6 is 0 Å². The number of phenols is 1. The summed E-state index contributed by atoms with van der Waals surface area (Å²) in [6, 6.07) is 6.21. The molecule has 0 aliphatic heterocycles. The van der Waals surface area contributed by atoms with Gasteiger partial charge in [-0.15, -0.1) is 0 Å². The second-order valence-electron chi connectivity index (χ2n) is 5.76.